The van der Waals surface area contributed by atoms with Gasteiger partial charge in [-0.3, -0.25) is 19.2 Å². The Morgan fingerprint density at radius 2 is 1.79 bits per heavy atom. The van der Waals surface area contributed by atoms with Crippen molar-refractivity contribution in [3.8, 4) is 0 Å². The molecule has 7 atom stereocenters. The Morgan fingerprint density at radius 3 is 2.49 bits per heavy atom. The van der Waals surface area contributed by atoms with Gasteiger partial charge < -0.3 is 29.3 Å². The summed E-state index contributed by atoms with van der Waals surface area (Å²) >= 11 is 0. The SMILES string of the molecule is CC(C)N1CC=C[C@]23O[C@@H]4/C=C\CCC(=O)N(C)[C@H](C)[C@@H](c5ccccc5)OC(=O)[C@@H]4[C@H]2C(=O)N(CCCCO)[C@@H]3C1=O. The number of likely N-dealkylation sites (tertiary alicyclic amines) is 1. The third-order valence-corrected chi connectivity index (χ3v) is 9.39. The fourth-order valence-corrected chi connectivity index (χ4v) is 7.00. The lowest BCUT2D eigenvalue weighted by molar-refractivity contribution is -0.164. The van der Waals surface area contributed by atoms with E-state index in [9.17, 15) is 24.3 Å². The second-order valence-corrected chi connectivity index (χ2v) is 12.3. The lowest BCUT2D eigenvalue weighted by Crippen LogP contribution is -2.56. The molecule has 0 aliphatic carbocycles. The first-order valence-electron chi connectivity index (χ1n) is 15.4. The molecule has 2 saturated heterocycles. The van der Waals surface area contributed by atoms with Crippen LogP contribution in [0.1, 0.15) is 58.1 Å². The van der Waals surface area contributed by atoms with Crippen LogP contribution in [-0.2, 0) is 28.7 Å². The molecule has 4 heterocycles. The molecule has 10 heteroatoms. The van der Waals surface area contributed by atoms with Gasteiger partial charge in [0.2, 0.25) is 17.7 Å². The van der Waals surface area contributed by atoms with Gasteiger partial charge in [-0.15, -0.1) is 0 Å². The molecule has 0 saturated carbocycles. The molecule has 1 spiro atoms. The Labute approximate surface area is 253 Å². The van der Waals surface area contributed by atoms with Gasteiger partial charge in [-0.2, -0.15) is 0 Å². The minimum absolute atomic E-state index is 0.0262. The summed E-state index contributed by atoms with van der Waals surface area (Å²) < 4.78 is 13.0. The van der Waals surface area contributed by atoms with Crippen LogP contribution in [-0.4, -0.2) is 100 Å². The van der Waals surface area contributed by atoms with E-state index in [1.54, 1.807) is 27.8 Å². The third kappa shape index (κ3) is 5.51. The van der Waals surface area contributed by atoms with Gasteiger partial charge in [-0.05, 0) is 45.6 Å². The van der Waals surface area contributed by atoms with Crippen LogP contribution in [0, 0.1) is 11.8 Å². The summed E-state index contributed by atoms with van der Waals surface area (Å²) in [6.45, 7) is 6.31. The summed E-state index contributed by atoms with van der Waals surface area (Å²) in [6.07, 6.45) is 7.32. The zero-order chi connectivity index (χ0) is 30.9. The van der Waals surface area contributed by atoms with Gasteiger partial charge >= 0.3 is 5.97 Å². The summed E-state index contributed by atoms with van der Waals surface area (Å²) in [5.74, 6) is -3.21. The molecular formula is C33H43N3O7. The summed E-state index contributed by atoms with van der Waals surface area (Å²) in [4.78, 5) is 60.8. The fraction of sp³-hybridized carbons (Fsp3) is 0.576. The number of esters is 1. The highest BCUT2D eigenvalue weighted by Crippen LogP contribution is 2.53. The molecule has 0 bridgehead atoms. The molecule has 0 unspecified atom stereocenters. The summed E-state index contributed by atoms with van der Waals surface area (Å²) in [6, 6.07) is 7.75. The van der Waals surface area contributed by atoms with Gasteiger partial charge in [-0.25, -0.2) is 0 Å². The van der Waals surface area contributed by atoms with Crippen molar-refractivity contribution >= 4 is 23.7 Å². The van der Waals surface area contributed by atoms with Crippen LogP contribution in [0.2, 0.25) is 0 Å². The molecule has 4 aliphatic heterocycles. The number of fused-ring (bicyclic) bond motifs is 2. The quantitative estimate of drug-likeness (QED) is 0.306. The van der Waals surface area contributed by atoms with Crippen molar-refractivity contribution in [1.29, 1.82) is 0 Å². The molecule has 232 valence electrons. The number of likely N-dealkylation sites (N-methyl/N-ethyl adjacent to an activating group) is 1. The molecule has 10 nitrogen and oxygen atoms in total. The Kier molecular flexibility index (Phi) is 9.08. The number of carbonyl (C=O) groups is 4. The van der Waals surface area contributed by atoms with E-state index in [1.165, 1.54) is 0 Å². The number of benzene rings is 1. The molecule has 0 aromatic heterocycles. The minimum atomic E-state index is -1.36. The molecule has 1 aromatic carbocycles. The Bertz CT molecular complexity index is 1280. The first-order chi connectivity index (χ1) is 20.6. The normalized spacial score (nSPS) is 33.9. The number of ether oxygens (including phenoxy) is 2. The lowest BCUT2D eigenvalue weighted by Gasteiger charge is -2.36. The fourth-order valence-electron chi connectivity index (χ4n) is 7.00. The number of aliphatic hydroxyl groups excluding tert-OH is 1. The first-order valence-corrected chi connectivity index (χ1v) is 15.4. The molecule has 4 aliphatic rings. The summed E-state index contributed by atoms with van der Waals surface area (Å²) in [5.41, 5.74) is -0.629. The van der Waals surface area contributed by atoms with Gasteiger partial charge in [0.05, 0.1) is 18.1 Å². The number of cyclic esters (lactones) is 1. The molecule has 5 rings (SSSR count). The largest absolute Gasteiger partial charge is 0.455 e. The average Bonchev–Trinajstić information content (AvgIpc) is 3.37. The van der Waals surface area contributed by atoms with Crippen LogP contribution in [0.4, 0.5) is 0 Å². The second-order valence-electron chi connectivity index (χ2n) is 12.3. The van der Waals surface area contributed by atoms with Crippen molar-refractivity contribution in [3.05, 3.63) is 60.2 Å². The Balaban J connectivity index is 1.60. The van der Waals surface area contributed by atoms with Crippen molar-refractivity contribution < 1.29 is 33.8 Å². The van der Waals surface area contributed by atoms with E-state index in [0.29, 0.717) is 25.8 Å². The van der Waals surface area contributed by atoms with Crippen LogP contribution >= 0.6 is 0 Å². The molecule has 2 fully saturated rings. The maximum Gasteiger partial charge on any atom is 0.313 e. The maximum atomic E-state index is 14.4. The maximum absolute atomic E-state index is 14.4. The predicted molar refractivity (Wildman–Crippen MR) is 158 cm³/mol. The molecule has 43 heavy (non-hydrogen) atoms. The number of hydrogen-bond donors (Lipinski definition) is 1. The highest BCUT2D eigenvalue weighted by Gasteiger charge is 2.71. The highest BCUT2D eigenvalue weighted by molar-refractivity contribution is 5.99. The number of aliphatic hydroxyl groups is 1. The van der Waals surface area contributed by atoms with Crippen LogP contribution in [0.15, 0.2) is 54.6 Å². The number of unbranched alkanes of at least 4 members (excludes halogenated alkanes) is 1. The van der Waals surface area contributed by atoms with Gasteiger partial charge in [0.1, 0.15) is 23.7 Å². The number of amides is 3. The first kappa shape index (κ1) is 30.9. The number of rotatable bonds is 6. The zero-order valence-corrected chi connectivity index (χ0v) is 25.4. The smallest absolute Gasteiger partial charge is 0.313 e. The molecule has 3 amide bonds. The second kappa shape index (κ2) is 12.6. The van der Waals surface area contributed by atoms with E-state index in [2.05, 4.69) is 0 Å². The molecular weight excluding hydrogens is 550 g/mol. The topological polar surface area (TPSA) is 117 Å². The highest BCUT2D eigenvalue weighted by atomic mass is 16.6. The van der Waals surface area contributed by atoms with E-state index in [1.807, 2.05) is 69.3 Å². The van der Waals surface area contributed by atoms with Crippen molar-refractivity contribution in [1.82, 2.24) is 14.7 Å². The Morgan fingerprint density at radius 1 is 1.05 bits per heavy atom. The third-order valence-electron chi connectivity index (χ3n) is 9.39. The average molecular weight is 594 g/mol. The van der Waals surface area contributed by atoms with E-state index < -0.39 is 47.7 Å². The standard InChI is InChI=1S/C33H43N3O7/c1-21(2)35-19-12-17-33-27(30(39)36(18-10-11-20-37)29(33)31(35)40)26-24(43-33)15-8-9-16-25(38)34(4)22(3)28(42-32(26)41)23-13-6-5-7-14-23/h5-8,12-15,17,21-22,24,26-29,37H,9-11,16,18-20H2,1-4H3/b15-8-/t22-,24-,26+,27+,28+,29-,33+/m1/s1. The van der Waals surface area contributed by atoms with E-state index >= 15 is 0 Å². The van der Waals surface area contributed by atoms with Crippen LogP contribution in [0.3, 0.4) is 0 Å². The zero-order valence-electron chi connectivity index (χ0n) is 25.4. The predicted octanol–water partition coefficient (Wildman–Crippen LogP) is 2.63. The van der Waals surface area contributed by atoms with Gasteiger partial charge in [0.15, 0.2) is 0 Å². The number of nitrogens with zero attached hydrogens (tertiary/aromatic N) is 3. The summed E-state index contributed by atoms with van der Waals surface area (Å²) in [7, 11) is 1.71. The van der Waals surface area contributed by atoms with Gasteiger partial charge in [0, 0.05) is 39.2 Å². The van der Waals surface area contributed by atoms with E-state index in [0.717, 1.165) is 5.56 Å². The van der Waals surface area contributed by atoms with Crippen LogP contribution < -0.4 is 0 Å². The van der Waals surface area contributed by atoms with Crippen molar-refractivity contribution in [2.45, 2.75) is 82.4 Å². The van der Waals surface area contributed by atoms with Gasteiger partial charge in [0.25, 0.3) is 0 Å². The van der Waals surface area contributed by atoms with Crippen molar-refractivity contribution in [2.75, 3.05) is 26.7 Å². The molecule has 1 N–H and O–H groups in total. The van der Waals surface area contributed by atoms with Crippen molar-refractivity contribution in [2.24, 2.45) is 11.8 Å². The lowest BCUT2D eigenvalue weighted by atomic mass is 9.77. The van der Waals surface area contributed by atoms with Crippen molar-refractivity contribution in [3.63, 3.8) is 0 Å². The minimum Gasteiger partial charge on any atom is -0.455 e. The van der Waals surface area contributed by atoms with E-state index in [-0.39, 0.29) is 43.3 Å². The summed E-state index contributed by atoms with van der Waals surface area (Å²) in [5, 5.41) is 9.42. The Hall–Kier alpha value is -3.50. The van der Waals surface area contributed by atoms with Crippen LogP contribution in [0.25, 0.3) is 0 Å². The number of carbonyl (C=O) groups excluding carboxylic acids is 4. The van der Waals surface area contributed by atoms with Crippen LogP contribution in [0.5, 0.6) is 0 Å². The number of hydrogen-bond acceptors (Lipinski definition) is 7. The molecule has 0 radical (unpaired) electrons. The molecule has 1 aromatic rings. The van der Waals surface area contributed by atoms with Gasteiger partial charge in [-0.1, -0.05) is 54.6 Å². The number of allylic oxidation sites excluding steroid dienone is 1. The monoisotopic (exact) mass is 593 g/mol. The van der Waals surface area contributed by atoms with E-state index in [4.69, 9.17) is 9.47 Å².